The molecule has 1 aromatic carbocycles. The summed E-state index contributed by atoms with van der Waals surface area (Å²) in [4.78, 5) is 26.7. The highest BCUT2D eigenvalue weighted by Crippen LogP contribution is 2.36. The minimum Gasteiger partial charge on any atom is -0.497 e. The van der Waals surface area contributed by atoms with E-state index in [-0.39, 0.29) is 41.9 Å². The molecule has 0 bridgehead atoms. The van der Waals surface area contributed by atoms with Crippen molar-refractivity contribution in [3.05, 3.63) is 47.6 Å². The van der Waals surface area contributed by atoms with Gasteiger partial charge >= 0.3 is 6.03 Å². The first-order valence-electron chi connectivity index (χ1n) is 6.75. The Labute approximate surface area is 136 Å². The molecule has 0 aromatic heterocycles. The SMILES string of the molecule is C=CCOc1cc(N2C(=O)C3=COCCN3C2=O)c(F)cc1Cl. The lowest BCUT2D eigenvalue weighted by molar-refractivity contribution is -0.114. The molecule has 2 aliphatic heterocycles. The molecule has 1 fully saturated rings. The number of carbonyl (C=O) groups is 2. The van der Waals surface area contributed by atoms with Crippen LogP contribution in [0.2, 0.25) is 5.02 Å². The Morgan fingerprint density at radius 3 is 2.91 bits per heavy atom. The largest absolute Gasteiger partial charge is 0.497 e. The van der Waals surface area contributed by atoms with Crippen LogP contribution in [0.1, 0.15) is 0 Å². The average molecular weight is 339 g/mol. The number of hydrogen-bond donors (Lipinski definition) is 0. The maximum absolute atomic E-state index is 14.3. The number of rotatable bonds is 4. The molecule has 1 saturated heterocycles. The van der Waals surface area contributed by atoms with Crippen LogP contribution in [0.5, 0.6) is 5.75 Å². The molecule has 6 nitrogen and oxygen atoms in total. The number of carbonyl (C=O) groups excluding carboxylic acids is 2. The second-order valence-corrected chi connectivity index (χ2v) is 5.19. The molecule has 0 radical (unpaired) electrons. The fourth-order valence-corrected chi connectivity index (χ4v) is 2.52. The van der Waals surface area contributed by atoms with E-state index >= 15 is 0 Å². The van der Waals surface area contributed by atoms with Crippen LogP contribution in [0.3, 0.4) is 0 Å². The molecule has 1 aromatic rings. The number of hydrogen-bond acceptors (Lipinski definition) is 4. The van der Waals surface area contributed by atoms with E-state index in [9.17, 15) is 14.0 Å². The smallest absolute Gasteiger partial charge is 0.336 e. The molecule has 0 atom stereocenters. The van der Waals surface area contributed by atoms with Crippen molar-refractivity contribution < 1.29 is 23.5 Å². The molecule has 0 N–H and O–H groups in total. The second-order valence-electron chi connectivity index (χ2n) is 4.78. The van der Waals surface area contributed by atoms with Gasteiger partial charge in [0.25, 0.3) is 5.91 Å². The van der Waals surface area contributed by atoms with E-state index in [4.69, 9.17) is 21.1 Å². The Kier molecular flexibility index (Phi) is 3.96. The fraction of sp³-hybridized carbons (Fsp3) is 0.200. The van der Waals surface area contributed by atoms with E-state index in [2.05, 4.69) is 6.58 Å². The summed E-state index contributed by atoms with van der Waals surface area (Å²) in [7, 11) is 0. The number of anilines is 1. The number of amides is 3. The van der Waals surface area contributed by atoms with Crippen molar-refractivity contribution in [1.82, 2.24) is 4.90 Å². The van der Waals surface area contributed by atoms with Crippen molar-refractivity contribution in [2.45, 2.75) is 0 Å². The maximum Gasteiger partial charge on any atom is 0.336 e. The Morgan fingerprint density at radius 2 is 2.22 bits per heavy atom. The van der Waals surface area contributed by atoms with Crippen molar-refractivity contribution in [2.75, 3.05) is 24.7 Å². The Morgan fingerprint density at radius 1 is 1.43 bits per heavy atom. The molecule has 8 heteroatoms. The van der Waals surface area contributed by atoms with E-state index in [0.29, 0.717) is 0 Å². The number of halogens is 2. The third kappa shape index (κ3) is 2.53. The molecule has 0 aliphatic carbocycles. The van der Waals surface area contributed by atoms with Gasteiger partial charge in [0, 0.05) is 6.07 Å². The lowest BCUT2D eigenvalue weighted by Gasteiger charge is -2.20. The number of nitrogens with zero attached hydrogens (tertiary/aromatic N) is 2. The number of fused-ring (bicyclic) bond motifs is 1. The number of urea groups is 1. The predicted molar refractivity (Wildman–Crippen MR) is 80.7 cm³/mol. The van der Waals surface area contributed by atoms with Crippen LogP contribution in [0.4, 0.5) is 14.9 Å². The zero-order valence-electron chi connectivity index (χ0n) is 11.9. The molecule has 23 heavy (non-hydrogen) atoms. The number of imide groups is 1. The van der Waals surface area contributed by atoms with E-state index < -0.39 is 17.8 Å². The van der Waals surface area contributed by atoms with Crippen molar-refractivity contribution in [2.24, 2.45) is 0 Å². The van der Waals surface area contributed by atoms with Gasteiger partial charge in [0.05, 0.1) is 17.3 Å². The third-order valence-corrected chi connectivity index (χ3v) is 3.66. The first-order chi connectivity index (χ1) is 11.0. The summed E-state index contributed by atoms with van der Waals surface area (Å²) in [5.74, 6) is -1.31. The summed E-state index contributed by atoms with van der Waals surface area (Å²) in [5.41, 5.74) is -0.150. The van der Waals surface area contributed by atoms with Gasteiger partial charge in [-0.1, -0.05) is 24.3 Å². The van der Waals surface area contributed by atoms with E-state index in [1.54, 1.807) is 0 Å². The zero-order valence-corrected chi connectivity index (χ0v) is 12.7. The molecule has 2 aliphatic rings. The van der Waals surface area contributed by atoms with Gasteiger partial charge in [0.15, 0.2) is 0 Å². The first kappa shape index (κ1) is 15.4. The zero-order chi connectivity index (χ0) is 16.6. The molecular weight excluding hydrogens is 327 g/mol. The van der Waals surface area contributed by atoms with E-state index in [1.807, 2.05) is 0 Å². The fourth-order valence-electron chi connectivity index (χ4n) is 2.31. The molecule has 120 valence electrons. The van der Waals surface area contributed by atoms with E-state index in [1.165, 1.54) is 23.3 Å². The van der Waals surface area contributed by atoms with Gasteiger partial charge in [-0.2, -0.15) is 0 Å². The summed E-state index contributed by atoms with van der Waals surface area (Å²) in [5, 5.41) is 0.0347. The Bertz CT molecular complexity index is 734. The van der Waals surface area contributed by atoms with Crippen LogP contribution in [0, 0.1) is 5.82 Å². The van der Waals surface area contributed by atoms with Gasteiger partial charge < -0.3 is 9.47 Å². The molecule has 3 rings (SSSR count). The third-order valence-electron chi connectivity index (χ3n) is 3.36. The molecule has 0 spiro atoms. The second kappa shape index (κ2) is 5.92. The van der Waals surface area contributed by atoms with Crippen LogP contribution >= 0.6 is 11.6 Å². The van der Waals surface area contributed by atoms with Gasteiger partial charge in [0.2, 0.25) is 0 Å². The molecule has 2 heterocycles. The average Bonchev–Trinajstić information content (AvgIpc) is 2.79. The predicted octanol–water partition coefficient (Wildman–Crippen LogP) is 2.68. The normalized spacial score (nSPS) is 16.9. The van der Waals surface area contributed by atoms with Crippen LogP contribution in [0.15, 0.2) is 36.7 Å². The van der Waals surface area contributed by atoms with Crippen molar-refractivity contribution in [1.29, 1.82) is 0 Å². The van der Waals surface area contributed by atoms with Crippen LogP contribution < -0.4 is 9.64 Å². The number of benzene rings is 1. The summed E-state index contributed by atoms with van der Waals surface area (Å²) in [6, 6.07) is 1.58. The van der Waals surface area contributed by atoms with Gasteiger partial charge in [-0.3, -0.25) is 9.69 Å². The molecular formula is C15H12ClFN2O4. The lowest BCUT2D eigenvalue weighted by atomic mass is 10.2. The van der Waals surface area contributed by atoms with Crippen molar-refractivity contribution in [3.63, 3.8) is 0 Å². The van der Waals surface area contributed by atoms with Crippen LogP contribution in [-0.4, -0.2) is 36.6 Å². The van der Waals surface area contributed by atoms with E-state index in [0.717, 1.165) is 11.0 Å². The van der Waals surface area contributed by atoms with Gasteiger partial charge in [-0.05, 0) is 6.07 Å². The van der Waals surface area contributed by atoms with Gasteiger partial charge in [-0.15, -0.1) is 0 Å². The highest BCUT2D eigenvalue weighted by molar-refractivity contribution is 6.32. The molecule has 0 unspecified atom stereocenters. The lowest BCUT2D eigenvalue weighted by Crippen LogP contribution is -2.35. The van der Waals surface area contributed by atoms with Gasteiger partial charge in [0.1, 0.15) is 36.7 Å². The minimum atomic E-state index is -0.802. The molecule has 0 saturated carbocycles. The quantitative estimate of drug-likeness (QED) is 0.625. The topological polar surface area (TPSA) is 59.1 Å². The summed E-state index contributed by atoms with van der Waals surface area (Å²) in [6.07, 6.45) is 2.70. The minimum absolute atomic E-state index is 0.0347. The highest BCUT2D eigenvalue weighted by Gasteiger charge is 2.44. The maximum atomic E-state index is 14.3. The monoisotopic (exact) mass is 338 g/mol. The Balaban J connectivity index is 2.02. The van der Waals surface area contributed by atoms with Crippen molar-refractivity contribution >= 4 is 29.2 Å². The van der Waals surface area contributed by atoms with Crippen molar-refractivity contribution in [3.8, 4) is 5.75 Å². The standard InChI is InChI=1S/C15H12ClFN2O4/c1-2-4-23-13-7-11(10(17)6-9(13)16)19-14(20)12-8-22-5-3-18(12)15(19)21/h2,6-8H,1,3-5H2. The van der Waals surface area contributed by atoms with Gasteiger partial charge in [-0.25, -0.2) is 14.1 Å². The number of ether oxygens (including phenoxy) is 2. The van der Waals surface area contributed by atoms with Crippen LogP contribution in [-0.2, 0) is 9.53 Å². The Hall–Kier alpha value is -2.54. The summed E-state index contributed by atoms with van der Waals surface area (Å²) >= 11 is 5.91. The summed E-state index contributed by atoms with van der Waals surface area (Å²) in [6.45, 7) is 4.15. The summed E-state index contributed by atoms with van der Waals surface area (Å²) < 4.78 is 24.6. The first-order valence-corrected chi connectivity index (χ1v) is 7.13. The highest BCUT2D eigenvalue weighted by atomic mass is 35.5. The molecule has 3 amide bonds. The van der Waals surface area contributed by atoms with Crippen LogP contribution in [0.25, 0.3) is 0 Å².